The maximum atomic E-state index is 6.05. The zero-order chi connectivity index (χ0) is 17.8. The van der Waals surface area contributed by atoms with Crippen molar-refractivity contribution >= 4 is 0 Å². The summed E-state index contributed by atoms with van der Waals surface area (Å²) in [5.41, 5.74) is 4.65. The molecular weight excluding hydrogens is 316 g/mol. The molecule has 25 heavy (non-hydrogen) atoms. The summed E-state index contributed by atoms with van der Waals surface area (Å²) in [4.78, 5) is 4.49. The molecule has 0 aliphatic carbocycles. The average molecular weight is 344 g/mol. The van der Waals surface area contributed by atoms with Crippen molar-refractivity contribution < 1.29 is 9.47 Å². The lowest BCUT2D eigenvalue weighted by Crippen LogP contribution is -2.32. The van der Waals surface area contributed by atoms with Crippen LogP contribution >= 0.6 is 0 Å². The fraction of sp³-hybridized carbons (Fsp3) is 0.579. The SMILES string of the molecule is COc1cc(C)c(CNC[C@@H]2CCCO[C@H]2c2cnn(C)c2)c(C)n1. The molecule has 2 atom stereocenters. The maximum absolute atomic E-state index is 6.05. The van der Waals surface area contributed by atoms with Crippen LogP contribution < -0.4 is 10.1 Å². The fourth-order valence-corrected chi connectivity index (χ4v) is 3.59. The summed E-state index contributed by atoms with van der Waals surface area (Å²) >= 11 is 0. The Morgan fingerprint density at radius 3 is 2.92 bits per heavy atom. The molecule has 0 radical (unpaired) electrons. The second kappa shape index (κ2) is 7.97. The Balaban J connectivity index is 1.62. The van der Waals surface area contributed by atoms with Crippen LogP contribution in [-0.4, -0.2) is 35.0 Å². The smallest absolute Gasteiger partial charge is 0.213 e. The van der Waals surface area contributed by atoms with Gasteiger partial charge in [0.15, 0.2) is 0 Å². The van der Waals surface area contributed by atoms with Crippen LogP contribution in [0.3, 0.4) is 0 Å². The minimum absolute atomic E-state index is 0.131. The van der Waals surface area contributed by atoms with Crippen LogP contribution in [0.5, 0.6) is 5.88 Å². The molecule has 1 N–H and O–H groups in total. The standard InChI is InChI=1S/C19H28N4O2/c1-13-8-18(24-4)22-14(2)17(13)11-20-9-15-6-5-7-25-19(15)16-10-21-23(3)12-16/h8,10,12,15,19-20H,5-7,9,11H2,1-4H3/t15-,19+/m0/s1. The number of hydrogen-bond donors (Lipinski definition) is 1. The highest BCUT2D eigenvalue weighted by atomic mass is 16.5. The van der Waals surface area contributed by atoms with Crippen LogP contribution in [0.1, 0.15) is 41.3 Å². The third-order valence-electron chi connectivity index (χ3n) is 4.95. The molecule has 6 nitrogen and oxygen atoms in total. The topological polar surface area (TPSA) is 61.2 Å². The van der Waals surface area contributed by atoms with E-state index >= 15 is 0 Å². The number of methoxy groups -OCH3 is 1. The van der Waals surface area contributed by atoms with Crippen LogP contribution in [0.2, 0.25) is 0 Å². The van der Waals surface area contributed by atoms with Gasteiger partial charge in [-0.2, -0.15) is 5.10 Å². The minimum atomic E-state index is 0.131. The monoisotopic (exact) mass is 344 g/mol. The lowest BCUT2D eigenvalue weighted by atomic mass is 9.90. The third kappa shape index (κ3) is 4.19. The van der Waals surface area contributed by atoms with Gasteiger partial charge in [-0.15, -0.1) is 0 Å². The molecule has 2 aromatic heterocycles. The number of rotatable bonds is 6. The molecule has 3 rings (SSSR count). The quantitative estimate of drug-likeness (QED) is 0.873. The van der Waals surface area contributed by atoms with E-state index in [1.54, 1.807) is 7.11 Å². The maximum Gasteiger partial charge on any atom is 0.213 e. The van der Waals surface area contributed by atoms with Crippen LogP contribution in [0, 0.1) is 19.8 Å². The summed E-state index contributed by atoms with van der Waals surface area (Å²) in [6, 6.07) is 1.99. The van der Waals surface area contributed by atoms with E-state index < -0.39 is 0 Å². The van der Waals surface area contributed by atoms with Crippen molar-refractivity contribution in [2.75, 3.05) is 20.3 Å². The van der Waals surface area contributed by atoms with E-state index in [4.69, 9.17) is 9.47 Å². The van der Waals surface area contributed by atoms with E-state index in [0.29, 0.717) is 11.8 Å². The molecule has 1 aliphatic rings. The Morgan fingerprint density at radius 2 is 2.24 bits per heavy atom. The first kappa shape index (κ1) is 17.9. The first-order valence-corrected chi connectivity index (χ1v) is 8.90. The molecule has 136 valence electrons. The first-order chi connectivity index (χ1) is 12.1. The highest BCUT2D eigenvalue weighted by molar-refractivity contribution is 5.33. The number of ether oxygens (including phenoxy) is 2. The first-order valence-electron chi connectivity index (χ1n) is 8.90. The van der Waals surface area contributed by atoms with Crippen molar-refractivity contribution in [3.8, 4) is 5.88 Å². The largest absolute Gasteiger partial charge is 0.481 e. The van der Waals surface area contributed by atoms with Gasteiger partial charge in [-0.3, -0.25) is 4.68 Å². The molecule has 0 unspecified atom stereocenters. The summed E-state index contributed by atoms with van der Waals surface area (Å²) in [6.07, 6.45) is 6.40. The van der Waals surface area contributed by atoms with E-state index in [-0.39, 0.29) is 6.10 Å². The van der Waals surface area contributed by atoms with E-state index in [0.717, 1.165) is 31.8 Å². The third-order valence-corrected chi connectivity index (χ3v) is 4.95. The predicted molar refractivity (Wildman–Crippen MR) is 96.6 cm³/mol. The van der Waals surface area contributed by atoms with Crippen LogP contribution in [0.15, 0.2) is 18.5 Å². The predicted octanol–water partition coefficient (Wildman–Crippen LogP) is 2.70. The molecule has 0 amide bonds. The van der Waals surface area contributed by atoms with Gasteiger partial charge in [-0.1, -0.05) is 0 Å². The van der Waals surface area contributed by atoms with E-state index in [9.17, 15) is 0 Å². The average Bonchev–Trinajstić information content (AvgIpc) is 3.03. The molecule has 6 heteroatoms. The second-order valence-electron chi connectivity index (χ2n) is 6.82. The van der Waals surface area contributed by atoms with Crippen molar-refractivity contribution in [2.24, 2.45) is 13.0 Å². The van der Waals surface area contributed by atoms with Gasteiger partial charge in [-0.05, 0) is 37.8 Å². The Hall–Kier alpha value is -1.92. The molecular formula is C19H28N4O2. The second-order valence-corrected chi connectivity index (χ2v) is 6.82. The van der Waals surface area contributed by atoms with Gasteiger partial charge in [0.05, 0.1) is 19.4 Å². The molecule has 1 fully saturated rings. The van der Waals surface area contributed by atoms with E-state index in [1.165, 1.54) is 23.1 Å². The molecule has 3 heterocycles. The van der Waals surface area contributed by atoms with Gasteiger partial charge >= 0.3 is 0 Å². The summed E-state index contributed by atoms with van der Waals surface area (Å²) in [7, 11) is 3.60. The summed E-state index contributed by atoms with van der Waals surface area (Å²) in [5, 5.41) is 7.90. The number of nitrogens with one attached hydrogen (secondary N) is 1. The van der Waals surface area contributed by atoms with Gasteiger partial charge < -0.3 is 14.8 Å². The normalized spacial score (nSPS) is 20.6. The zero-order valence-corrected chi connectivity index (χ0v) is 15.6. The summed E-state index contributed by atoms with van der Waals surface area (Å²) < 4.78 is 13.1. The highest BCUT2D eigenvalue weighted by Crippen LogP contribution is 2.33. The molecule has 0 saturated carbocycles. The van der Waals surface area contributed by atoms with Gasteiger partial charge in [0.2, 0.25) is 5.88 Å². The Morgan fingerprint density at radius 1 is 1.40 bits per heavy atom. The Labute approximate surface area is 149 Å². The van der Waals surface area contributed by atoms with Gasteiger partial charge in [0.25, 0.3) is 0 Å². The lowest BCUT2D eigenvalue weighted by Gasteiger charge is -2.31. The molecule has 1 aliphatic heterocycles. The molecule has 1 saturated heterocycles. The number of pyridine rings is 1. The van der Waals surface area contributed by atoms with Crippen LogP contribution in [0.25, 0.3) is 0 Å². The molecule has 2 aromatic rings. The highest BCUT2D eigenvalue weighted by Gasteiger charge is 2.28. The Kier molecular flexibility index (Phi) is 5.71. The lowest BCUT2D eigenvalue weighted by molar-refractivity contribution is -0.0279. The van der Waals surface area contributed by atoms with E-state index in [1.807, 2.05) is 30.9 Å². The van der Waals surface area contributed by atoms with Crippen molar-refractivity contribution in [1.82, 2.24) is 20.1 Å². The van der Waals surface area contributed by atoms with Gasteiger partial charge in [0.1, 0.15) is 0 Å². The molecule has 0 spiro atoms. The van der Waals surface area contributed by atoms with Crippen LogP contribution in [-0.2, 0) is 18.3 Å². The van der Waals surface area contributed by atoms with Crippen LogP contribution in [0.4, 0.5) is 0 Å². The zero-order valence-electron chi connectivity index (χ0n) is 15.6. The molecule has 0 bridgehead atoms. The number of hydrogen-bond acceptors (Lipinski definition) is 5. The number of nitrogens with zero attached hydrogens (tertiary/aromatic N) is 3. The summed E-state index contributed by atoms with van der Waals surface area (Å²) in [5.74, 6) is 1.14. The van der Waals surface area contributed by atoms with E-state index in [2.05, 4.69) is 28.5 Å². The van der Waals surface area contributed by atoms with Crippen molar-refractivity contribution in [2.45, 2.75) is 39.3 Å². The molecule has 0 aromatic carbocycles. The van der Waals surface area contributed by atoms with Gasteiger partial charge in [0, 0.05) is 56.2 Å². The number of aromatic nitrogens is 3. The van der Waals surface area contributed by atoms with Gasteiger partial charge in [-0.25, -0.2) is 4.98 Å². The Bertz CT molecular complexity index is 690. The van der Waals surface area contributed by atoms with Crippen molar-refractivity contribution in [3.05, 3.63) is 40.8 Å². The summed E-state index contributed by atoms with van der Waals surface area (Å²) in [6.45, 7) is 6.71. The van der Waals surface area contributed by atoms with Crippen molar-refractivity contribution in [3.63, 3.8) is 0 Å². The minimum Gasteiger partial charge on any atom is -0.481 e. The number of aryl methyl sites for hydroxylation is 3. The fourth-order valence-electron chi connectivity index (χ4n) is 3.59. The van der Waals surface area contributed by atoms with Crippen molar-refractivity contribution in [1.29, 1.82) is 0 Å².